The van der Waals surface area contributed by atoms with E-state index in [0.717, 1.165) is 47.3 Å². The topological polar surface area (TPSA) is 32.5 Å². The number of halogens is 2. The first-order valence-corrected chi connectivity index (χ1v) is 11.6. The predicted molar refractivity (Wildman–Crippen MR) is 138 cm³/mol. The van der Waals surface area contributed by atoms with Gasteiger partial charge in [-0.1, -0.05) is 70.5 Å². The maximum Gasteiger partial charge on any atom is 0.119 e. The molecule has 3 aromatic rings. The van der Waals surface area contributed by atoms with E-state index in [-0.39, 0.29) is 19.0 Å². The van der Waals surface area contributed by atoms with Crippen molar-refractivity contribution in [3.8, 4) is 5.75 Å². The summed E-state index contributed by atoms with van der Waals surface area (Å²) in [6.07, 6.45) is 1.53. The summed E-state index contributed by atoms with van der Waals surface area (Å²) in [5, 5.41) is 9.53. The molecule has 4 rings (SSSR count). The van der Waals surface area contributed by atoms with E-state index in [1.165, 1.54) is 29.8 Å². The molecule has 1 fully saturated rings. The van der Waals surface area contributed by atoms with Gasteiger partial charge in [0.25, 0.3) is 0 Å². The van der Waals surface area contributed by atoms with E-state index in [0.29, 0.717) is 0 Å². The van der Waals surface area contributed by atoms with Crippen LogP contribution in [0.4, 0.5) is 0 Å². The number of aliphatic hydroxyl groups is 1. The number of aliphatic hydroxyl groups excluding tert-OH is 1. The first kappa shape index (κ1) is 24.5. The molecule has 0 aliphatic carbocycles. The Labute approximate surface area is 205 Å². The molecule has 32 heavy (non-hydrogen) atoms. The zero-order valence-electron chi connectivity index (χ0n) is 18.0. The number of ether oxygens (including phenoxy) is 1. The summed E-state index contributed by atoms with van der Waals surface area (Å²) in [6.45, 7) is 4.28. The molecule has 0 aromatic heterocycles. The van der Waals surface area contributed by atoms with Crippen LogP contribution in [0, 0.1) is 0 Å². The van der Waals surface area contributed by atoms with E-state index >= 15 is 0 Å². The number of allylic oxidation sites excluding steroid dienone is 1. The number of hydrogen-bond acceptors (Lipinski definition) is 3. The highest BCUT2D eigenvalue weighted by atomic mass is 79.9. The third-order valence-electron chi connectivity index (χ3n) is 5.50. The Morgan fingerprint density at radius 3 is 2.06 bits per heavy atom. The lowest BCUT2D eigenvalue weighted by Gasteiger charge is -2.18. The van der Waals surface area contributed by atoms with Crippen LogP contribution in [-0.2, 0) is 0 Å². The SMILES string of the molecule is Cl.OCCCC(=C(c1ccc(Br)cc1)c1ccc(OCCN2CC2)cc1)c1ccccc1. The summed E-state index contributed by atoms with van der Waals surface area (Å²) in [7, 11) is 0. The van der Waals surface area contributed by atoms with Crippen LogP contribution in [0.15, 0.2) is 83.3 Å². The third kappa shape index (κ3) is 6.69. The van der Waals surface area contributed by atoms with Gasteiger partial charge in [-0.05, 0) is 64.9 Å². The lowest BCUT2D eigenvalue weighted by molar-refractivity contribution is 0.290. The molecule has 1 N–H and O–H groups in total. The standard InChI is InChI=1S/C27H28BrNO2.ClH/c28-24-12-8-22(9-13-24)27(26(7-4-19-30)21-5-2-1-3-6-21)23-10-14-25(15-11-23)31-20-18-29-16-17-29;/h1-3,5-6,8-15,30H,4,7,16-20H2;1H. The van der Waals surface area contributed by atoms with Crippen LogP contribution in [0.25, 0.3) is 11.1 Å². The molecule has 1 heterocycles. The normalized spacial score (nSPS) is 13.8. The van der Waals surface area contributed by atoms with Crippen molar-refractivity contribution in [2.24, 2.45) is 0 Å². The summed E-state index contributed by atoms with van der Waals surface area (Å²) in [5.41, 5.74) is 5.94. The number of hydrogen-bond donors (Lipinski definition) is 1. The molecule has 1 saturated heterocycles. The van der Waals surface area contributed by atoms with Crippen LogP contribution in [0.1, 0.15) is 29.5 Å². The van der Waals surface area contributed by atoms with Gasteiger partial charge in [-0.25, -0.2) is 0 Å². The van der Waals surface area contributed by atoms with Crippen LogP contribution < -0.4 is 4.74 Å². The minimum absolute atomic E-state index is 0. The highest BCUT2D eigenvalue weighted by Crippen LogP contribution is 2.36. The molecular weight excluding hydrogens is 486 g/mol. The summed E-state index contributed by atoms with van der Waals surface area (Å²) in [6, 6.07) is 27.3. The average molecular weight is 515 g/mol. The zero-order valence-corrected chi connectivity index (χ0v) is 20.4. The molecule has 3 aromatic carbocycles. The van der Waals surface area contributed by atoms with Crippen molar-refractivity contribution < 1.29 is 9.84 Å². The molecular formula is C27H29BrClNO2. The van der Waals surface area contributed by atoms with E-state index in [1.54, 1.807) is 0 Å². The van der Waals surface area contributed by atoms with Gasteiger partial charge in [-0.2, -0.15) is 0 Å². The second-order valence-electron chi connectivity index (χ2n) is 7.77. The predicted octanol–water partition coefficient (Wildman–Crippen LogP) is 6.30. The summed E-state index contributed by atoms with van der Waals surface area (Å²) >= 11 is 3.55. The van der Waals surface area contributed by atoms with Gasteiger partial charge in [0, 0.05) is 30.7 Å². The minimum atomic E-state index is 0. The lowest BCUT2D eigenvalue weighted by Crippen LogP contribution is -2.10. The molecule has 0 bridgehead atoms. The van der Waals surface area contributed by atoms with Crippen molar-refractivity contribution in [1.82, 2.24) is 4.90 Å². The van der Waals surface area contributed by atoms with Gasteiger partial charge in [-0.15, -0.1) is 12.4 Å². The Balaban J connectivity index is 0.00000289. The molecule has 0 unspecified atom stereocenters. The first-order chi connectivity index (χ1) is 15.2. The largest absolute Gasteiger partial charge is 0.492 e. The summed E-state index contributed by atoms with van der Waals surface area (Å²) < 4.78 is 6.98. The van der Waals surface area contributed by atoms with E-state index in [1.807, 2.05) is 6.07 Å². The molecule has 3 nitrogen and oxygen atoms in total. The molecule has 168 valence electrons. The smallest absolute Gasteiger partial charge is 0.119 e. The van der Waals surface area contributed by atoms with Gasteiger partial charge in [0.2, 0.25) is 0 Å². The number of benzene rings is 3. The van der Waals surface area contributed by atoms with E-state index < -0.39 is 0 Å². The summed E-state index contributed by atoms with van der Waals surface area (Å²) in [5.74, 6) is 0.900. The number of rotatable bonds is 10. The van der Waals surface area contributed by atoms with Gasteiger partial charge in [-0.3, -0.25) is 4.90 Å². The van der Waals surface area contributed by atoms with Crippen LogP contribution in [0.3, 0.4) is 0 Å². The van der Waals surface area contributed by atoms with Crippen molar-refractivity contribution >= 4 is 39.5 Å². The Hall–Kier alpha value is -2.11. The van der Waals surface area contributed by atoms with Crippen LogP contribution in [0.5, 0.6) is 5.75 Å². The molecule has 0 spiro atoms. The quantitative estimate of drug-likeness (QED) is 0.255. The van der Waals surface area contributed by atoms with Gasteiger partial charge >= 0.3 is 0 Å². The maximum absolute atomic E-state index is 9.53. The minimum Gasteiger partial charge on any atom is -0.492 e. The van der Waals surface area contributed by atoms with Crippen molar-refractivity contribution in [3.05, 3.63) is 100 Å². The Kier molecular flexibility index (Phi) is 9.36. The second-order valence-corrected chi connectivity index (χ2v) is 8.68. The van der Waals surface area contributed by atoms with Crippen molar-refractivity contribution in [2.75, 3.05) is 32.8 Å². The van der Waals surface area contributed by atoms with Crippen molar-refractivity contribution in [3.63, 3.8) is 0 Å². The molecule has 5 heteroatoms. The van der Waals surface area contributed by atoms with Crippen molar-refractivity contribution in [2.45, 2.75) is 12.8 Å². The monoisotopic (exact) mass is 513 g/mol. The fourth-order valence-corrected chi connectivity index (χ4v) is 4.01. The fourth-order valence-electron chi connectivity index (χ4n) is 3.75. The van der Waals surface area contributed by atoms with E-state index in [2.05, 4.69) is 93.6 Å². The highest BCUT2D eigenvalue weighted by molar-refractivity contribution is 9.10. The molecule has 0 atom stereocenters. The highest BCUT2D eigenvalue weighted by Gasteiger charge is 2.17. The molecule has 0 radical (unpaired) electrons. The molecule has 1 aliphatic heterocycles. The molecule has 0 saturated carbocycles. The van der Waals surface area contributed by atoms with E-state index in [4.69, 9.17) is 4.74 Å². The molecule has 0 amide bonds. The van der Waals surface area contributed by atoms with Crippen LogP contribution in [0.2, 0.25) is 0 Å². The van der Waals surface area contributed by atoms with Gasteiger partial charge in [0.05, 0.1) is 0 Å². The Morgan fingerprint density at radius 1 is 0.844 bits per heavy atom. The third-order valence-corrected chi connectivity index (χ3v) is 6.03. The second kappa shape index (κ2) is 12.2. The fraction of sp³-hybridized carbons (Fsp3) is 0.259. The average Bonchev–Trinajstić information content (AvgIpc) is 3.63. The lowest BCUT2D eigenvalue weighted by atomic mass is 9.87. The zero-order chi connectivity index (χ0) is 21.5. The Bertz CT molecular complexity index is 1000. The van der Waals surface area contributed by atoms with E-state index in [9.17, 15) is 5.11 Å². The first-order valence-electron chi connectivity index (χ1n) is 10.9. The Morgan fingerprint density at radius 2 is 1.47 bits per heavy atom. The van der Waals surface area contributed by atoms with Gasteiger partial charge in [0.15, 0.2) is 0 Å². The van der Waals surface area contributed by atoms with Crippen LogP contribution in [-0.4, -0.2) is 42.9 Å². The maximum atomic E-state index is 9.53. The molecule has 1 aliphatic rings. The van der Waals surface area contributed by atoms with Gasteiger partial charge in [0.1, 0.15) is 12.4 Å². The van der Waals surface area contributed by atoms with Crippen LogP contribution >= 0.6 is 28.3 Å². The summed E-state index contributed by atoms with van der Waals surface area (Å²) in [4.78, 5) is 2.36. The van der Waals surface area contributed by atoms with Crippen molar-refractivity contribution in [1.29, 1.82) is 0 Å². The van der Waals surface area contributed by atoms with Gasteiger partial charge < -0.3 is 9.84 Å². The number of nitrogens with zero attached hydrogens (tertiary/aromatic N) is 1.